The number of nitro benzene ring substituents is 1. The van der Waals surface area contributed by atoms with Crippen LogP contribution in [0.2, 0.25) is 0 Å². The van der Waals surface area contributed by atoms with Gasteiger partial charge in [0.05, 0.1) is 22.4 Å². The molecule has 2 aromatic heterocycles. The van der Waals surface area contributed by atoms with Gasteiger partial charge in [-0.25, -0.2) is 10.1 Å². The quantitative estimate of drug-likeness (QED) is 0.169. The molecular formula is C19H15N9O4S. The van der Waals surface area contributed by atoms with E-state index in [-0.39, 0.29) is 28.6 Å². The number of benzene rings is 2. The largest absolute Gasteiger partial charge is 0.378 e. The molecule has 3 N–H and O–H groups in total. The van der Waals surface area contributed by atoms with Crippen LogP contribution in [-0.4, -0.2) is 42.4 Å². The van der Waals surface area contributed by atoms with E-state index >= 15 is 0 Å². The highest BCUT2D eigenvalue weighted by atomic mass is 32.2. The van der Waals surface area contributed by atoms with Crippen LogP contribution in [0.15, 0.2) is 69.2 Å². The first-order valence-corrected chi connectivity index (χ1v) is 10.3. The van der Waals surface area contributed by atoms with Crippen molar-refractivity contribution in [1.82, 2.24) is 30.7 Å². The molecule has 4 aromatic rings. The summed E-state index contributed by atoms with van der Waals surface area (Å²) in [5.41, 5.74) is 8.53. The zero-order chi connectivity index (χ0) is 23.2. The van der Waals surface area contributed by atoms with Crippen LogP contribution in [0, 0.1) is 10.1 Å². The third kappa shape index (κ3) is 4.85. The maximum atomic E-state index is 12.8. The summed E-state index contributed by atoms with van der Waals surface area (Å²) in [6, 6.07) is 15.5. The number of nitrogen functional groups attached to an aromatic ring is 1. The minimum Gasteiger partial charge on any atom is -0.378 e. The van der Waals surface area contributed by atoms with Crippen LogP contribution in [-0.2, 0) is 5.75 Å². The number of hydrogen-bond acceptors (Lipinski definition) is 11. The third-order valence-electron chi connectivity index (χ3n) is 4.30. The van der Waals surface area contributed by atoms with E-state index in [1.807, 2.05) is 30.3 Å². The van der Waals surface area contributed by atoms with Gasteiger partial charge in [-0.05, 0) is 28.5 Å². The molecule has 0 aliphatic carbocycles. The molecular weight excluding hydrogens is 450 g/mol. The molecule has 13 nitrogen and oxygen atoms in total. The molecule has 0 unspecified atom stereocenters. The Morgan fingerprint density at radius 1 is 1.21 bits per heavy atom. The van der Waals surface area contributed by atoms with Crippen molar-refractivity contribution in [3.05, 3.63) is 81.7 Å². The number of carbonyl (C=O) groups excluding carboxylic acids is 1. The van der Waals surface area contributed by atoms with Crippen molar-refractivity contribution >= 4 is 35.4 Å². The molecule has 166 valence electrons. The summed E-state index contributed by atoms with van der Waals surface area (Å²) in [6.07, 6.45) is 1.18. The molecule has 2 aromatic carbocycles. The number of para-hydroxylation sites is 1. The normalized spacial score (nSPS) is 11.0. The minimum absolute atomic E-state index is 0.0211. The van der Waals surface area contributed by atoms with Crippen molar-refractivity contribution in [3.8, 4) is 5.82 Å². The second-order valence-electron chi connectivity index (χ2n) is 6.39. The molecule has 0 saturated heterocycles. The Kier molecular flexibility index (Phi) is 6.36. The van der Waals surface area contributed by atoms with Crippen molar-refractivity contribution in [2.45, 2.75) is 10.6 Å². The maximum absolute atomic E-state index is 12.8. The average Bonchev–Trinajstić information content (AvgIpc) is 3.44. The van der Waals surface area contributed by atoms with Gasteiger partial charge in [-0.2, -0.15) is 9.78 Å². The van der Waals surface area contributed by atoms with E-state index in [9.17, 15) is 14.9 Å². The van der Waals surface area contributed by atoms with Crippen molar-refractivity contribution in [2.75, 3.05) is 5.73 Å². The minimum atomic E-state index is -0.672. The molecule has 0 aliphatic heterocycles. The monoisotopic (exact) mass is 465 g/mol. The molecule has 0 saturated carbocycles. The van der Waals surface area contributed by atoms with Gasteiger partial charge in [0.1, 0.15) is 0 Å². The number of nitro groups is 1. The smallest absolute Gasteiger partial charge is 0.293 e. The van der Waals surface area contributed by atoms with Crippen LogP contribution < -0.4 is 11.2 Å². The lowest BCUT2D eigenvalue weighted by atomic mass is 10.2. The van der Waals surface area contributed by atoms with Crippen molar-refractivity contribution in [2.24, 2.45) is 5.10 Å². The number of anilines is 1. The lowest BCUT2D eigenvalue weighted by Gasteiger charge is -2.05. The molecule has 4 rings (SSSR count). The Balaban J connectivity index is 1.59. The van der Waals surface area contributed by atoms with Crippen LogP contribution in [0.4, 0.5) is 11.5 Å². The summed E-state index contributed by atoms with van der Waals surface area (Å²) < 4.78 is 5.90. The van der Waals surface area contributed by atoms with Gasteiger partial charge in [-0.15, -0.1) is 16.9 Å². The lowest BCUT2D eigenvalue weighted by Crippen LogP contribution is -2.20. The number of aromatic nitrogens is 5. The van der Waals surface area contributed by atoms with Gasteiger partial charge in [0.25, 0.3) is 11.6 Å². The van der Waals surface area contributed by atoms with Crippen LogP contribution in [0.3, 0.4) is 0 Å². The fraction of sp³-hybridized carbons (Fsp3) is 0.0526. The van der Waals surface area contributed by atoms with E-state index in [4.69, 9.17) is 5.73 Å². The van der Waals surface area contributed by atoms with Gasteiger partial charge in [-0.3, -0.25) is 14.9 Å². The first-order chi connectivity index (χ1) is 16.0. The number of nitrogens with zero attached hydrogens (tertiary/aromatic N) is 7. The SMILES string of the molecule is Nc1nonc1-n1nnc(C(=O)N/N=C\c2ccccc2[N+](=O)[O-])c1CSc1ccccc1. The van der Waals surface area contributed by atoms with E-state index in [1.165, 1.54) is 40.9 Å². The molecule has 33 heavy (non-hydrogen) atoms. The predicted molar refractivity (Wildman–Crippen MR) is 118 cm³/mol. The maximum Gasteiger partial charge on any atom is 0.293 e. The highest BCUT2D eigenvalue weighted by molar-refractivity contribution is 7.98. The average molecular weight is 465 g/mol. The van der Waals surface area contributed by atoms with Crippen LogP contribution in [0.25, 0.3) is 5.82 Å². The number of nitrogens with one attached hydrogen (secondary N) is 1. The Morgan fingerprint density at radius 2 is 1.97 bits per heavy atom. The fourth-order valence-corrected chi connectivity index (χ4v) is 3.67. The predicted octanol–water partition coefficient (Wildman–Crippen LogP) is 2.20. The van der Waals surface area contributed by atoms with Gasteiger partial charge in [-0.1, -0.05) is 35.5 Å². The Labute approximate surface area is 189 Å². The number of thioether (sulfide) groups is 1. The molecule has 1 amide bonds. The topological polar surface area (TPSA) is 180 Å². The fourth-order valence-electron chi connectivity index (χ4n) is 2.76. The Hall–Kier alpha value is -4.59. The second-order valence-corrected chi connectivity index (χ2v) is 7.44. The van der Waals surface area contributed by atoms with E-state index < -0.39 is 10.8 Å². The van der Waals surface area contributed by atoms with Crippen LogP contribution >= 0.6 is 11.8 Å². The van der Waals surface area contributed by atoms with Gasteiger partial charge >= 0.3 is 0 Å². The van der Waals surface area contributed by atoms with Crippen molar-refractivity contribution in [3.63, 3.8) is 0 Å². The molecule has 0 aliphatic rings. The van der Waals surface area contributed by atoms with Crippen LogP contribution in [0.5, 0.6) is 0 Å². The number of nitrogens with two attached hydrogens (primary N) is 1. The Bertz CT molecular complexity index is 1320. The first-order valence-electron chi connectivity index (χ1n) is 9.32. The highest BCUT2D eigenvalue weighted by Gasteiger charge is 2.24. The molecule has 0 bridgehead atoms. The standard InChI is InChI=1S/C19H15N9O4S/c20-17-18(25-32-24-17)27-15(11-33-13-7-2-1-3-8-13)16(22-26-27)19(29)23-21-10-12-6-4-5-9-14(12)28(30)31/h1-10H,11H2,(H2,20,24)(H,23,29)/b21-10-. The van der Waals surface area contributed by atoms with Gasteiger partial charge in [0.15, 0.2) is 5.69 Å². The van der Waals surface area contributed by atoms with Gasteiger partial charge in [0, 0.05) is 16.7 Å². The molecule has 0 atom stereocenters. The molecule has 0 spiro atoms. The second kappa shape index (κ2) is 9.69. The Morgan fingerprint density at radius 3 is 2.70 bits per heavy atom. The number of carbonyl (C=O) groups is 1. The van der Waals surface area contributed by atoms with Crippen LogP contribution in [0.1, 0.15) is 21.7 Å². The number of hydrogen-bond donors (Lipinski definition) is 2. The summed E-state index contributed by atoms with van der Waals surface area (Å²) in [6.45, 7) is 0. The molecule has 0 radical (unpaired) electrons. The lowest BCUT2D eigenvalue weighted by molar-refractivity contribution is -0.385. The number of amides is 1. The summed E-state index contributed by atoms with van der Waals surface area (Å²) in [7, 11) is 0. The van der Waals surface area contributed by atoms with E-state index in [2.05, 4.69) is 35.8 Å². The molecule has 2 heterocycles. The van der Waals surface area contributed by atoms with Gasteiger partial charge in [0.2, 0.25) is 11.6 Å². The number of hydrazone groups is 1. The van der Waals surface area contributed by atoms with Crippen molar-refractivity contribution in [1.29, 1.82) is 0 Å². The third-order valence-corrected chi connectivity index (χ3v) is 5.32. The molecule has 0 fully saturated rings. The summed E-state index contributed by atoms with van der Waals surface area (Å²) in [4.78, 5) is 24.3. The highest BCUT2D eigenvalue weighted by Crippen LogP contribution is 2.25. The van der Waals surface area contributed by atoms with E-state index in [0.29, 0.717) is 11.4 Å². The molecule has 14 heteroatoms. The number of rotatable bonds is 8. The zero-order valence-corrected chi connectivity index (χ0v) is 17.5. The summed E-state index contributed by atoms with van der Waals surface area (Å²) in [5.74, 6) is -0.310. The zero-order valence-electron chi connectivity index (χ0n) is 16.7. The van der Waals surface area contributed by atoms with Gasteiger partial charge < -0.3 is 5.73 Å². The first kappa shape index (κ1) is 21.6. The summed E-state index contributed by atoms with van der Waals surface area (Å²) in [5, 5.41) is 30.1. The summed E-state index contributed by atoms with van der Waals surface area (Å²) >= 11 is 1.44. The van der Waals surface area contributed by atoms with Crippen molar-refractivity contribution < 1.29 is 14.3 Å². The van der Waals surface area contributed by atoms with E-state index in [0.717, 1.165) is 4.90 Å². The van der Waals surface area contributed by atoms with E-state index in [1.54, 1.807) is 6.07 Å².